The number of aryl methyl sites for hydroxylation is 1. The molecule has 5 atom stereocenters. The van der Waals surface area contributed by atoms with E-state index in [2.05, 4.69) is 15.4 Å². The third-order valence-corrected chi connectivity index (χ3v) is 14.3. The molecule has 5 aliphatic rings. The average Bonchev–Trinajstić information content (AvgIpc) is 4.04. The van der Waals surface area contributed by atoms with E-state index in [-0.39, 0.29) is 25.8 Å². The monoisotopic (exact) mass is 773 g/mol. The summed E-state index contributed by atoms with van der Waals surface area (Å²) < 4.78 is 49.1. The lowest BCUT2D eigenvalue weighted by atomic mass is 9.86. The molecule has 290 valence electrons. The van der Waals surface area contributed by atoms with E-state index in [1.165, 1.54) is 17.0 Å². The number of hydrogen-bond donors (Lipinski definition) is 4. The molecule has 0 radical (unpaired) electrons. The second-order valence-electron chi connectivity index (χ2n) is 16.0. The summed E-state index contributed by atoms with van der Waals surface area (Å²) in [6, 6.07) is 11.2. The normalized spacial score (nSPS) is 28.8. The number of fused-ring (bicyclic) bond motifs is 5. The lowest BCUT2D eigenvalue weighted by Crippen LogP contribution is -2.58. The Labute approximate surface area is 318 Å². The number of rotatable bonds is 5. The molecule has 55 heavy (non-hydrogen) atoms. The van der Waals surface area contributed by atoms with Crippen LogP contribution in [-0.2, 0) is 30.8 Å². The summed E-state index contributed by atoms with van der Waals surface area (Å²) in [5.74, 6) is -2.62. The number of nitrogens with one attached hydrogen (secondary N) is 3. The van der Waals surface area contributed by atoms with Crippen LogP contribution < -0.4 is 20.1 Å². The van der Waals surface area contributed by atoms with Crippen molar-refractivity contribution in [1.82, 2.24) is 25.2 Å². The second-order valence-corrected chi connectivity index (χ2v) is 18.2. The quantitative estimate of drug-likeness (QED) is 0.266. The van der Waals surface area contributed by atoms with Crippen molar-refractivity contribution in [2.24, 2.45) is 5.92 Å². The van der Waals surface area contributed by atoms with Crippen molar-refractivity contribution in [1.29, 1.82) is 0 Å². The first kappa shape index (κ1) is 36.9. The molecule has 3 fully saturated rings. The minimum Gasteiger partial charge on any atom is -0.483 e. The van der Waals surface area contributed by atoms with Crippen LogP contribution in [-0.4, -0.2) is 81.7 Å². The van der Waals surface area contributed by atoms with Gasteiger partial charge in [0.1, 0.15) is 40.5 Å². The number of allylic oxidation sites excluding steroid dienone is 1. The number of pyridine rings is 1. The van der Waals surface area contributed by atoms with Crippen molar-refractivity contribution in [3.8, 4) is 17.0 Å². The minimum absolute atomic E-state index is 0.00615. The van der Waals surface area contributed by atoms with Crippen LogP contribution >= 0.6 is 0 Å². The van der Waals surface area contributed by atoms with E-state index in [0.717, 1.165) is 17.4 Å². The smallest absolute Gasteiger partial charge is 0.405 e. The van der Waals surface area contributed by atoms with Crippen molar-refractivity contribution in [3.63, 3.8) is 0 Å². The zero-order valence-corrected chi connectivity index (χ0v) is 31.3. The lowest BCUT2D eigenvalue weighted by molar-refractivity contribution is -0.141. The van der Waals surface area contributed by atoms with Gasteiger partial charge in [-0.25, -0.2) is 22.6 Å². The van der Waals surface area contributed by atoms with Gasteiger partial charge in [0.05, 0.1) is 16.8 Å². The van der Waals surface area contributed by atoms with Crippen molar-refractivity contribution < 1.29 is 41.8 Å². The highest BCUT2D eigenvalue weighted by molar-refractivity contribution is 7.91. The topological polar surface area (TPSA) is 184 Å². The highest BCUT2D eigenvalue weighted by Crippen LogP contribution is 2.50. The van der Waals surface area contributed by atoms with Gasteiger partial charge >= 0.3 is 6.09 Å². The Hall–Kier alpha value is -5.05. The highest BCUT2D eigenvalue weighted by atomic mass is 32.2. The highest BCUT2D eigenvalue weighted by Gasteiger charge is 2.64. The standard InChI is InChI=1S/C40H44FN5O8S/c1-38(18-19-38)55(52,53)45-36(49)40-21-25(40)11-5-3-2-4-6-15-30(43-37(50)51)35(48)46-23-39(22-31(46)34(47)44-40)17-16-28-27-13-7-8-14-29(27)42-32(33(28)54-39)24-10-9-12-26(41)20-24/h5,7-14,20,25,30-31,43H,2-4,6,15-19,21-23H2,1H3,(H,44,47)(H,45,49)(H,50,51)/t25-,30+,31+,39+,40-/m1/s1. The summed E-state index contributed by atoms with van der Waals surface area (Å²) in [7, 11) is -4.02. The molecule has 2 saturated carbocycles. The number of carboxylic acid groups (broad SMARTS) is 1. The van der Waals surface area contributed by atoms with Crippen LogP contribution in [0.5, 0.6) is 5.75 Å². The molecule has 2 aliphatic carbocycles. The Balaban J connectivity index is 1.17. The van der Waals surface area contributed by atoms with E-state index < -0.39 is 73.5 Å². The van der Waals surface area contributed by atoms with Gasteiger partial charge in [-0.3, -0.25) is 19.1 Å². The molecule has 8 rings (SSSR count). The summed E-state index contributed by atoms with van der Waals surface area (Å²) in [6.45, 7) is 1.49. The fourth-order valence-corrected chi connectivity index (χ4v) is 9.77. The molecule has 0 unspecified atom stereocenters. The number of carbonyl (C=O) groups excluding carboxylic acids is 3. The zero-order valence-electron chi connectivity index (χ0n) is 30.5. The first-order valence-electron chi connectivity index (χ1n) is 19.0. The first-order valence-corrected chi connectivity index (χ1v) is 20.4. The van der Waals surface area contributed by atoms with Crippen molar-refractivity contribution in [2.75, 3.05) is 6.54 Å². The maximum absolute atomic E-state index is 14.6. The number of carbonyl (C=O) groups is 4. The van der Waals surface area contributed by atoms with Gasteiger partial charge in [0.15, 0.2) is 0 Å². The van der Waals surface area contributed by atoms with Gasteiger partial charge in [-0.1, -0.05) is 55.3 Å². The van der Waals surface area contributed by atoms with E-state index in [9.17, 15) is 37.1 Å². The fraction of sp³-hybridized carbons (Fsp3) is 0.475. The van der Waals surface area contributed by atoms with Gasteiger partial charge in [-0.2, -0.15) is 0 Å². The molecule has 0 bridgehead atoms. The number of para-hydroxylation sites is 1. The summed E-state index contributed by atoms with van der Waals surface area (Å²) in [6.07, 6.45) is 7.09. The van der Waals surface area contributed by atoms with E-state index in [1.54, 1.807) is 19.1 Å². The lowest BCUT2D eigenvalue weighted by Gasteiger charge is -2.37. The fourth-order valence-electron chi connectivity index (χ4n) is 8.46. The number of aromatic nitrogens is 1. The third kappa shape index (κ3) is 6.80. The van der Waals surface area contributed by atoms with Crippen molar-refractivity contribution in [3.05, 3.63) is 72.1 Å². The molecule has 13 nitrogen and oxygen atoms in total. The molecule has 15 heteroatoms. The largest absolute Gasteiger partial charge is 0.483 e. The second kappa shape index (κ2) is 13.6. The van der Waals surface area contributed by atoms with Gasteiger partial charge < -0.3 is 25.4 Å². The molecular formula is C40H44FN5O8S. The van der Waals surface area contributed by atoms with Crippen LogP contribution in [0.2, 0.25) is 0 Å². The van der Waals surface area contributed by atoms with Gasteiger partial charge in [-0.05, 0) is 76.5 Å². The molecule has 4 amide bonds. The predicted molar refractivity (Wildman–Crippen MR) is 200 cm³/mol. The summed E-state index contributed by atoms with van der Waals surface area (Å²) in [5.41, 5.74) is -0.254. The molecule has 2 aromatic carbocycles. The van der Waals surface area contributed by atoms with Crippen LogP contribution in [0.4, 0.5) is 9.18 Å². The zero-order chi connectivity index (χ0) is 38.8. The molecule has 3 aromatic rings. The number of amides is 4. The number of nitrogens with zero attached hydrogens (tertiary/aromatic N) is 2. The number of sulfonamides is 1. The number of benzene rings is 2. The summed E-state index contributed by atoms with van der Waals surface area (Å²) in [4.78, 5) is 61.2. The van der Waals surface area contributed by atoms with Crippen LogP contribution in [0.1, 0.15) is 76.7 Å². The van der Waals surface area contributed by atoms with Crippen LogP contribution in [0.15, 0.2) is 60.7 Å². The van der Waals surface area contributed by atoms with Gasteiger partial charge in [-0.15, -0.1) is 0 Å². The molecule has 1 spiro atoms. The van der Waals surface area contributed by atoms with Gasteiger partial charge in [0.2, 0.25) is 21.8 Å². The van der Waals surface area contributed by atoms with Crippen molar-refractivity contribution >= 4 is 44.7 Å². The molecule has 1 aromatic heterocycles. The Morgan fingerprint density at radius 3 is 2.62 bits per heavy atom. The van der Waals surface area contributed by atoms with Gasteiger partial charge in [0, 0.05) is 28.9 Å². The molecular weight excluding hydrogens is 730 g/mol. The van der Waals surface area contributed by atoms with Crippen molar-refractivity contribution in [2.45, 2.75) is 106 Å². The van der Waals surface area contributed by atoms with E-state index in [0.29, 0.717) is 67.5 Å². The van der Waals surface area contributed by atoms with E-state index >= 15 is 0 Å². The predicted octanol–water partition coefficient (Wildman–Crippen LogP) is 4.74. The Morgan fingerprint density at radius 2 is 1.85 bits per heavy atom. The number of ether oxygens (including phenoxy) is 1. The minimum atomic E-state index is -4.02. The molecule has 3 aliphatic heterocycles. The van der Waals surface area contributed by atoms with E-state index in [1.807, 2.05) is 36.4 Å². The summed E-state index contributed by atoms with van der Waals surface area (Å²) >= 11 is 0. The Kier molecular flexibility index (Phi) is 9.13. The maximum Gasteiger partial charge on any atom is 0.405 e. The maximum atomic E-state index is 14.6. The molecule has 1 saturated heterocycles. The molecule has 4 N–H and O–H groups in total. The summed E-state index contributed by atoms with van der Waals surface area (Å²) in [5, 5.41) is 15.9. The van der Waals surface area contributed by atoms with E-state index in [4.69, 9.17) is 9.72 Å². The third-order valence-electron chi connectivity index (χ3n) is 12.1. The van der Waals surface area contributed by atoms with Crippen LogP contribution in [0.25, 0.3) is 22.2 Å². The number of halogens is 1. The van der Waals surface area contributed by atoms with Gasteiger partial charge in [0.25, 0.3) is 5.91 Å². The van der Waals surface area contributed by atoms with Crippen LogP contribution in [0.3, 0.4) is 0 Å². The first-order chi connectivity index (χ1) is 26.2. The molecule has 4 heterocycles. The Morgan fingerprint density at radius 1 is 1.05 bits per heavy atom. The number of hydrogen-bond acceptors (Lipinski definition) is 8. The Bertz CT molecular complexity index is 2240. The van der Waals surface area contributed by atoms with Crippen LogP contribution in [0, 0.1) is 11.7 Å². The average molecular weight is 774 g/mol. The SMILES string of the molecule is CC1(S(=O)(=O)NC(=O)[C@@]23C[C@H]2C=CCCCCC[C@H](NC(=O)O)C(=O)N2C[C@]4(CCc5c(c(-c6cccc(F)c6)nc6ccccc56)O4)C[C@H]2C(=O)N3)CC1.